The van der Waals surface area contributed by atoms with Gasteiger partial charge in [0, 0.05) is 17.5 Å². The topological polar surface area (TPSA) is 84.9 Å². The van der Waals surface area contributed by atoms with Crippen molar-refractivity contribution in [2.45, 2.75) is 32.9 Å². The standard InChI is InChI=1S/C25H28N2O5/c1-3-31-24(30)22-25(2)13-19(25)15-27(22)21(28)14-26-23(29)18-9-11-20(12-10-18)32-16-17-7-5-4-6-8-17/h4-12,19,22H,3,13-16H2,1-2H3,(H,26,29)/t19-,22-,25-/m1/s1. The molecule has 0 aromatic heterocycles. The molecule has 1 aliphatic heterocycles. The number of amides is 2. The highest BCUT2D eigenvalue weighted by molar-refractivity contribution is 5.97. The Morgan fingerprint density at radius 3 is 2.50 bits per heavy atom. The third-order valence-corrected chi connectivity index (χ3v) is 6.41. The molecular formula is C25H28N2O5. The molecule has 2 fully saturated rings. The lowest BCUT2D eigenvalue weighted by atomic mass is 9.99. The quantitative estimate of drug-likeness (QED) is 0.644. The maximum absolute atomic E-state index is 12.8. The molecule has 1 saturated carbocycles. The van der Waals surface area contributed by atoms with E-state index in [2.05, 4.69) is 5.32 Å². The lowest BCUT2D eigenvalue weighted by Gasteiger charge is -2.29. The first-order valence-corrected chi connectivity index (χ1v) is 10.9. The van der Waals surface area contributed by atoms with Crippen LogP contribution in [0.2, 0.25) is 0 Å². The van der Waals surface area contributed by atoms with E-state index >= 15 is 0 Å². The predicted molar refractivity (Wildman–Crippen MR) is 118 cm³/mol. The van der Waals surface area contributed by atoms with Crippen LogP contribution in [0.5, 0.6) is 5.75 Å². The average molecular weight is 437 g/mol. The van der Waals surface area contributed by atoms with E-state index in [0.717, 1.165) is 12.0 Å². The Morgan fingerprint density at radius 2 is 1.81 bits per heavy atom. The summed E-state index contributed by atoms with van der Waals surface area (Å²) >= 11 is 0. The van der Waals surface area contributed by atoms with Crippen LogP contribution in [0.3, 0.4) is 0 Å². The van der Waals surface area contributed by atoms with E-state index in [9.17, 15) is 14.4 Å². The number of piperidine rings is 1. The Bertz CT molecular complexity index is 991. The highest BCUT2D eigenvalue weighted by atomic mass is 16.5. The van der Waals surface area contributed by atoms with Crippen molar-refractivity contribution >= 4 is 17.8 Å². The summed E-state index contributed by atoms with van der Waals surface area (Å²) < 4.78 is 10.9. The molecule has 32 heavy (non-hydrogen) atoms. The van der Waals surface area contributed by atoms with Crippen LogP contribution in [-0.4, -0.2) is 48.4 Å². The van der Waals surface area contributed by atoms with Crippen molar-refractivity contribution in [1.82, 2.24) is 10.2 Å². The van der Waals surface area contributed by atoms with Gasteiger partial charge >= 0.3 is 5.97 Å². The number of hydrogen-bond donors (Lipinski definition) is 1. The molecule has 0 unspecified atom stereocenters. The summed E-state index contributed by atoms with van der Waals surface area (Å²) in [6.07, 6.45) is 0.922. The molecule has 168 valence electrons. The molecule has 2 aromatic carbocycles. The first kappa shape index (κ1) is 21.9. The van der Waals surface area contributed by atoms with Gasteiger partial charge in [-0.15, -0.1) is 0 Å². The second-order valence-corrected chi connectivity index (χ2v) is 8.59. The third-order valence-electron chi connectivity index (χ3n) is 6.41. The maximum Gasteiger partial charge on any atom is 0.329 e. The summed E-state index contributed by atoms with van der Waals surface area (Å²) in [6, 6.07) is 16.0. The number of likely N-dealkylation sites (tertiary alicyclic amines) is 1. The summed E-state index contributed by atoms with van der Waals surface area (Å²) in [4.78, 5) is 39.2. The Morgan fingerprint density at radius 1 is 1.09 bits per heavy atom. The molecule has 0 spiro atoms. The number of carbonyl (C=O) groups excluding carboxylic acids is 3. The maximum atomic E-state index is 12.8. The van der Waals surface area contributed by atoms with Gasteiger partial charge < -0.3 is 19.7 Å². The summed E-state index contributed by atoms with van der Waals surface area (Å²) in [5.74, 6) is -0.00657. The zero-order valence-electron chi connectivity index (χ0n) is 18.4. The Hall–Kier alpha value is -3.35. The molecule has 4 rings (SSSR count). The lowest BCUT2D eigenvalue weighted by molar-refractivity contribution is -0.155. The second kappa shape index (κ2) is 9.02. The van der Waals surface area contributed by atoms with E-state index < -0.39 is 6.04 Å². The van der Waals surface area contributed by atoms with Gasteiger partial charge in [-0.25, -0.2) is 4.79 Å². The fraction of sp³-hybridized carbons (Fsp3) is 0.400. The van der Waals surface area contributed by atoms with E-state index in [1.54, 1.807) is 36.1 Å². The highest BCUT2D eigenvalue weighted by Crippen LogP contribution is 2.61. The highest BCUT2D eigenvalue weighted by Gasteiger charge is 2.66. The van der Waals surface area contributed by atoms with E-state index in [1.165, 1.54) is 0 Å². The first-order valence-electron chi connectivity index (χ1n) is 10.9. The monoisotopic (exact) mass is 436 g/mol. The van der Waals surface area contributed by atoms with Crippen LogP contribution in [0.4, 0.5) is 0 Å². The minimum Gasteiger partial charge on any atom is -0.489 e. The largest absolute Gasteiger partial charge is 0.489 e. The average Bonchev–Trinajstić information content (AvgIpc) is 3.36. The number of nitrogens with one attached hydrogen (secondary N) is 1. The lowest BCUT2D eigenvalue weighted by Crippen LogP contribution is -2.49. The van der Waals surface area contributed by atoms with Crippen molar-refractivity contribution in [1.29, 1.82) is 0 Å². The summed E-state index contributed by atoms with van der Waals surface area (Å²) in [5.41, 5.74) is 1.28. The van der Waals surface area contributed by atoms with Gasteiger partial charge in [0.15, 0.2) is 0 Å². The first-order chi connectivity index (χ1) is 15.4. The van der Waals surface area contributed by atoms with Crippen LogP contribution in [-0.2, 0) is 20.9 Å². The molecule has 2 aliphatic rings. The Kier molecular flexibility index (Phi) is 6.17. The number of hydrogen-bond acceptors (Lipinski definition) is 5. The number of carbonyl (C=O) groups is 3. The van der Waals surface area contributed by atoms with Gasteiger partial charge in [-0.05, 0) is 49.1 Å². The Balaban J connectivity index is 1.29. The van der Waals surface area contributed by atoms with E-state index in [0.29, 0.717) is 30.4 Å². The van der Waals surface area contributed by atoms with Crippen LogP contribution in [0.1, 0.15) is 36.2 Å². The van der Waals surface area contributed by atoms with Crippen molar-refractivity contribution in [2.24, 2.45) is 11.3 Å². The fourth-order valence-electron chi connectivity index (χ4n) is 4.45. The molecule has 2 amide bonds. The van der Waals surface area contributed by atoms with Crippen LogP contribution < -0.4 is 10.1 Å². The van der Waals surface area contributed by atoms with E-state index in [-0.39, 0.29) is 36.4 Å². The molecular weight excluding hydrogens is 408 g/mol. The molecule has 3 atom stereocenters. The number of ether oxygens (including phenoxy) is 2. The second-order valence-electron chi connectivity index (χ2n) is 8.59. The summed E-state index contributed by atoms with van der Waals surface area (Å²) in [6.45, 7) is 4.86. The van der Waals surface area contributed by atoms with Gasteiger partial charge in [0.1, 0.15) is 18.4 Å². The minimum atomic E-state index is -0.571. The number of rotatable bonds is 8. The number of nitrogens with zero attached hydrogens (tertiary/aromatic N) is 1. The minimum absolute atomic E-state index is 0.163. The third kappa shape index (κ3) is 4.47. The van der Waals surface area contributed by atoms with Crippen molar-refractivity contribution in [3.8, 4) is 5.75 Å². The number of esters is 1. The molecule has 1 saturated heterocycles. The van der Waals surface area contributed by atoms with Gasteiger partial charge in [-0.2, -0.15) is 0 Å². The molecule has 1 aliphatic carbocycles. The van der Waals surface area contributed by atoms with Gasteiger partial charge in [-0.3, -0.25) is 9.59 Å². The van der Waals surface area contributed by atoms with Crippen molar-refractivity contribution < 1.29 is 23.9 Å². The normalized spacial score (nSPS) is 23.2. The van der Waals surface area contributed by atoms with Crippen molar-refractivity contribution in [3.63, 3.8) is 0 Å². The van der Waals surface area contributed by atoms with Gasteiger partial charge in [0.2, 0.25) is 5.91 Å². The molecule has 0 radical (unpaired) electrons. The van der Waals surface area contributed by atoms with Crippen molar-refractivity contribution in [3.05, 3.63) is 65.7 Å². The van der Waals surface area contributed by atoms with Crippen LogP contribution in [0, 0.1) is 11.3 Å². The number of fused-ring (bicyclic) bond motifs is 1. The fourth-order valence-corrected chi connectivity index (χ4v) is 4.45. The van der Waals surface area contributed by atoms with Crippen LogP contribution in [0.25, 0.3) is 0 Å². The smallest absolute Gasteiger partial charge is 0.329 e. The van der Waals surface area contributed by atoms with Gasteiger partial charge in [0.25, 0.3) is 5.91 Å². The summed E-state index contributed by atoms with van der Waals surface area (Å²) in [5, 5.41) is 2.66. The van der Waals surface area contributed by atoms with E-state index in [1.807, 2.05) is 37.3 Å². The predicted octanol–water partition coefficient (Wildman–Crippen LogP) is 2.80. The zero-order chi connectivity index (χ0) is 22.7. The molecule has 7 heteroatoms. The number of benzene rings is 2. The van der Waals surface area contributed by atoms with Crippen LogP contribution in [0.15, 0.2) is 54.6 Å². The molecule has 0 bridgehead atoms. The van der Waals surface area contributed by atoms with Crippen molar-refractivity contribution in [2.75, 3.05) is 19.7 Å². The molecule has 2 aromatic rings. The SMILES string of the molecule is CCOC(=O)[C@H]1N(C(=O)CNC(=O)c2ccc(OCc3ccccc3)cc2)C[C@H]2C[C@]21C. The van der Waals surface area contributed by atoms with E-state index in [4.69, 9.17) is 9.47 Å². The Labute approximate surface area is 187 Å². The summed E-state index contributed by atoms with van der Waals surface area (Å²) in [7, 11) is 0. The van der Waals surface area contributed by atoms with Crippen LogP contribution >= 0.6 is 0 Å². The molecule has 1 heterocycles. The zero-order valence-corrected chi connectivity index (χ0v) is 18.4. The van der Waals surface area contributed by atoms with Gasteiger partial charge in [-0.1, -0.05) is 37.3 Å². The molecule has 7 nitrogen and oxygen atoms in total. The molecule has 1 N–H and O–H groups in total. The van der Waals surface area contributed by atoms with Gasteiger partial charge in [0.05, 0.1) is 13.2 Å².